The van der Waals surface area contributed by atoms with Gasteiger partial charge in [-0.2, -0.15) is 0 Å². The van der Waals surface area contributed by atoms with Crippen LogP contribution in [-0.2, 0) is 70.9 Å². The Morgan fingerprint density at radius 2 is 0.531 bits per heavy atom. The fourth-order valence-electron chi connectivity index (χ4n) is 5.81. The first-order chi connectivity index (χ1) is 28.4. The molecule has 4 N–H and O–H groups in total. The predicted molar refractivity (Wildman–Crippen MR) is 209 cm³/mol. The van der Waals surface area contributed by atoms with Crippen molar-refractivity contribution in [3.63, 3.8) is 0 Å². The van der Waals surface area contributed by atoms with E-state index in [1.165, 1.54) is 0 Å². The number of hydrogen-bond donors (Lipinski definition) is 4. The molecule has 64 heavy (non-hydrogen) atoms. The molecule has 0 unspecified atom stereocenters. The first-order valence-corrected chi connectivity index (χ1v) is 22.6. The molecule has 6 heterocycles. The molecule has 376 valence electrons. The van der Waals surface area contributed by atoms with Crippen molar-refractivity contribution in [2.24, 2.45) is 0 Å². The van der Waals surface area contributed by atoms with Gasteiger partial charge in [0, 0.05) is 75.8 Å². The SMILES string of the molecule is F[P-](F)(F)(F)(F)F.F[P-](F)(F)(F)(F)F.OCCN1C=CN(Cc2cccc(CN3C=CN(CCO)C3)n2)C1.OCCN1C=CN(Cc2cccc(CN3C=CN(CCO)C3)n2)C1.[Ag+].[Ag+]. The molecule has 30 heteroatoms. The van der Waals surface area contributed by atoms with Crippen LogP contribution in [0.5, 0.6) is 0 Å². The van der Waals surface area contributed by atoms with Crippen LogP contribution in [0, 0.1) is 0 Å². The number of pyridine rings is 2. The fraction of sp³-hybridized carbons (Fsp3) is 0.471. The van der Waals surface area contributed by atoms with Crippen molar-refractivity contribution >= 4 is 15.6 Å². The summed E-state index contributed by atoms with van der Waals surface area (Å²) in [4.78, 5) is 26.5. The van der Waals surface area contributed by atoms with Gasteiger partial charge in [-0.1, -0.05) is 12.1 Å². The van der Waals surface area contributed by atoms with Crippen LogP contribution >= 0.6 is 15.6 Å². The monoisotopic (exact) mass is 1170 g/mol. The minimum atomic E-state index is -10.7. The van der Waals surface area contributed by atoms with Crippen LogP contribution in [0.4, 0.5) is 50.4 Å². The Balaban J connectivity index is 0.000000483. The molecular formula is C34H50Ag2F12N10O4P2. The van der Waals surface area contributed by atoms with Crippen molar-refractivity contribution in [3.8, 4) is 0 Å². The smallest absolute Gasteiger partial charge is 0.395 e. The van der Waals surface area contributed by atoms with E-state index in [0.717, 1.165) is 75.6 Å². The van der Waals surface area contributed by atoms with Crippen LogP contribution in [-0.4, -0.2) is 149 Å². The zero-order valence-electron chi connectivity index (χ0n) is 33.7. The Kier molecular flexibility index (Phi) is 21.3. The first kappa shape index (κ1) is 59.0. The summed E-state index contributed by atoms with van der Waals surface area (Å²) in [6.07, 6.45) is 16.2. The molecule has 0 aliphatic carbocycles. The van der Waals surface area contributed by atoms with Crippen LogP contribution in [0.15, 0.2) is 86.0 Å². The van der Waals surface area contributed by atoms with Crippen molar-refractivity contribution in [1.82, 2.24) is 49.2 Å². The van der Waals surface area contributed by atoms with Crippen molar-refractivity contribution in [1.29, 1.82) is 0 Å². The molecule has 2 aromatic rings. The van der Waals surface area contributed by atoms with Crippen LogP contribution < -0.4 is 0 Å². The van der Waals surface area contributed by atoms with Crippen molar-refractivity contribution < 1.29 is 116 Å². The molecule has 0 saturated heterocycles. The van der Waals surface area contributed by atoms with Crippen molar-refractivity contribution in [2.75, 3.05) is 79.3 Å². The summed E-state index contributed by atoms with van der Waals surface area (Å²) in [5, 5.41) is 36.0. The summed E-state index contributed by atoms with van der Waals surface area (Å²) in [6.45, 7) is 9.52. The molecule has 4 aliphatic rings. The summed E-state index contributed by atoms with van der Waals surface area (Å²) in [5.41, 5.74) is 4.16. The zero-order valence-corrected chi connectivity index (χ0v) is 38.4. The quantitative estimate of drug-likeness (QED) is 0.0776. The van der Waals surface area contributed by atoms with Gasteiger partial charge in [-0.3, -0.25) is 9.97 Å². The number of hydrogen-bond acceptors (Lipinski definition) is 14. The third kappa shape index (κ3) is 30.3. The number of halogens is 12. The van der Waals surface area contributed by atoms with Gasteiger partial charge in [0.1, 0.15) is 0 Å². The van der Waals surface area contributed by atoms with E-state index in [4.69, 9.17) is 30.4 Å². The molecule has 0 radical (unpaired) electrons. The molecule has 0 aromatic carbocycles. The molecule has 2 aromatic heterocycles. The molecule has 6 rings (SSSR count). The van der Waals surface area contributed by atoms with Gasteiger partial charge >= 0.3 is 111 Å². The standard InChI is InChI=1S/2C17H25N5O2.2Ag.2F6P/c2*23-10-8-19-4-6-21(14-19)12-16-2-1-3-17(18-16)13-22-7-5-20(15-22)9-11-24;;;2*1-7(2,3,4,5)6/h2*1-7,23-24H,8-15H2;;;;/q;;2*+1;2*-1. The average Bonchev–Trinajstić information content (AvgIpc) is 3.94. The molecule has 0 amide bonds. The molecule has 0 atom stereocenters. The first-order valence-electron chi connectivity index (χ1n) is 18.5. The number of rotatable bonds is 16. The summed E-state index contributed by atoms with van der Waals surface area (Å²) in [6, 6.07) is 12.3. The number of aliphatic hydroxyl groups excluding tert-OH is 4. The van der Waals surface area contributed by atoms with Crippen LogP contribution in [0.1, 0.15) is 22.8 Å². The molecule has 0 bridgehead atoms. The van der Waals surface area contributed by atoms with Gasteiger partial charge in [0.2, 0.25) is 0 Å². The fourth-order valence-corrected chi connectivity index (χ4v) is 5.81. The minimum absolute atomic E-state index is 0. The van der Waals surface area contributed by atoms with Gasteiger partial charge < -0.3 is 59.6 Å². The van der Waals surface area contributed by atoms with Gasteiger partial charge in [0.25, 0.3) is 0 Å². The number of aliphatic hydroxyl groups is 4. The summed E-state index contributed by atoms with van der Waals surface area (Å²) in [5.74, 6) is 0. The molecule has 14 nitrogen and oxygen atoms in total. The molecule has 0 spiro atoms. The van der Waals surface area contributed by atoms with Gasteiger partial charge in [0.05, 0.1) is 102 Å². The Morgan fingerprint density at radius 3 is 0.703 bits per heavy atom. The summed E-state index contributed by atoms with van der Waals surface area (Å²) < 4.78 is 118. The average molecular weight is 1170 g/mol. The van der Waals surface area contributed by atoms with Crippen molar-refractivity contribution in [3.05, 3.63) is 109 Å². The second-order valence-electron chi connectivity index (χ2n) is 14.0. The summed E-state index contributed by atoms with van der Waals surface area (Å²) >= 11 is 0. The van der Waals surface area contributed by atoms with Crippen LogP contribution in [0.25, 0.3) is 0 Å². The van der Waals surface area contributed by atoms with E-state index in [9.17, 15) is 50.4 Å². The van der Waals surface area contributed by atoms with E-state index in [1.807, 2.05) is 86.0 Å². The van der Waals surface area contributed by atoms with Gasteiger partial charge in [-0.25, -0.2) is 0 Å². The van der Waals surface area contributed by atoms with E-state index >= 15 is 0 Å². The maximum absolute atomic E-state index is 10.7. The topological polar surface area (TPSA) is 133 Å². The zero-order chi connectivity index (χ0) is 46.4. The maximum Gasteiger partial charge on any atom is 1.00 e. The largest absolute Gasteiger partial charge is 1.00 e. The molecule has 0 saturated carbocycles. The normalized spacial score (nSPS) is 17.6. The molecule has 0 fully saturated rings. The molecular weight excluding hydrogens is 1120 g/mol. The Hall–Kier alpha value is -3.00. The number of aromatic nitrogens is 2. The predicted octanol–water partition coefficient (Wildman–Crippen LogP) is 7.08. The number of nitrogens with zero attached hydrogens (tertiary/aromatic N) is 10. The van der Waals surface area contributed by atoms with E-state index in [-0.39, 0.29) is 71.2 Å². The minimum Gasteiger partial charge on any atom is -0.395 e. The second-order valence-corrected chi connectivity index (χ2v) is 17.9. The Labute approximate surface area is 392 Å². The Bertz CT molecular complexity index is 1610. The Morgan fingerprint density at radius 1 is 0.359 bits per heavy atom. The van der Waals surface area contributed by atoms with Gasteiger partial charge in [-0.15, -0.1) is 0 Å². The van der Waals surface area contributed by atoms with Gasteiger partial charge in [-0.05, 0) is 24.3 Å². The second kappa shape index (κ2) is 23.1. The molecule has 4 aliphatic heterocycles. The maximum atomic E-state index is 9.87. The van der Waals surface area contributed by atoms with E-state index in [0.29, 0.717) is 26.2 Å². The van der Waals surface area contributed by atoms with E-state index in [1.54, 1.807) is 0 Å². The van der Waals surface area contributed by atoms with E-state index in [2.05, 4.69) is 39.2 Å². The number of β-amino-alcohol motifs (C(OH)–C–C–N with tert-alkyl or cyclic N) is 4. The van der Waals surface area contributed by atoms with Crippen LogP contribution in [0.3, 0.4) is 0 Å². The third-order valence-corrected chi connectivity index (χ3v) is 8.14. The van der Waals surface area contributed by atoms with Gasteiger partial charge in [0.15, 0.2) is 0 Å². The van der Waals surface area contributed by atoms with Crippen LogP contribution in [0.2, 0.25) is 0 Å². The third-order valence-electron chi connectivity index (χ3n) is 8.14. The van der Waals surface area contributed by atoms with Crippen molar-refractivity contribution in [2.45, 2.75) is 26.2 Å². The summed E-state index contributed by atoms with van der Waals surface area (Å²) in [7, 11) is -21.3. The van der Waals surface area contributed by atoms with E-state index < -0.39 is 15.6 Å².